The van der Waals surface area contributed by atoms with E-state index < -0.39 is 0 Å². The Labute approximate surface area is 116 Å². The molecule has 0 unspecified atom stereocenters. The summed E-state index contributed by atoms with van der Waals surface area (Å²) in [6.07, 6.45) is 0. The van der Waals surface area contributed by atoms with Crippen LogP contribution in [-0.2, 0) is 0 Å². The van der Waals surface area contributed by atoms with Crippen LogP contribution < -0.4 is 0 Å². The van der Waals surface area contributed by atoms with Crippen molar-refractivity contribution >= 4 is 28.7 Å². The first-order chi connectivity index (χ1) is 8.65. The zero-order valence-corrected chi connectivity index (χ0v) is 12.0. The Morgan fingerprint density at radius 3 is 2.56 bits per heavy atom. The van der Waals surface area contributed by atoms with Gasteiger partial charge in [0, 0.05) is 22.2 Å². The monoisotopic (exact) mass is 271 g/mol. The average molecular weight is 271 g/mol. The molecule has 0 atom stereocenters. The van der Waals surface area contributed by atoms with E-state index in [9.17, 15) is 0 Å². The number of benzene rings is 1. The van der Waals surface area contributed by atoms with E-state index in [2.05, 4.69) is 38.0 Å². The van der Waals surface area contributed by atoms with E-state index in [1.54, 1.807) is 11.3 Å². The Bertz CT molecular complexity index is 618. The van der Waals surface area contributed by atoms with Crippen LogP contribution >= 0.6 is 23.1 Å². The van der Waals surface area contributed by atoms with Gasteiger partial charge in [-0.2, -0.15) is 5.26 Å². The van der Waals surface area contributed by atoms with Gasteiger partial charge in [-0.15, -0.1) is 11.3 Å². The van der Waals surface area contributed by atoms with Crippen molar-refractivity contribution in [2.24, 2.45) is 0 Å². The number of thiocyanates is 1. The Balaban J connectivity index is 2.51. The predicted octanol–water partition coefficient (Wildman–Crippen LogP) is 5.00. The minimum Gasteiger partial charge on any atom is -0.185 e. The molecular formula is C15H13NS2. The van der Waals surface area contributed by atoms with Gasteiger partial charge in [0.05, 0.1) is 4.21 Å². The first kappa shape index (κ1) is 12.9. The second-order valence-electron chi connectivity index (χ2n) is 3.98. The third kappa shape index (κ3) is 2.35. The van der Waals surface area contributed by atoms with Gasteiger partial charge in [0.15, 0.2) is 0 Å². The number of hydrogen-bond donors (Lipinski definition) is 0. The van der Waals surface area contributed by atoms with Crippen molar-refractivity contribution in [2.75, 3.05) is 0 Å². The number of thioether (sulfide) groups is 1. The summed E-state index contributed by atoms with van der Waals surface area (Å²) in [5, 5.41) is 11.0. The Kier molecular flexibility index (Phi) is 3.90. The molecule has 0 fully saturated rings. The van der Waals surface area contributed by atoms with Crippen LogP contribution in [0.2, 0.25) is 0 Å². The first-order valence-corrected chi connectivity index (χ1v) is 7.19. The minimum absolute atomic E-state index is 0.996. The van der Waals surface area contributed by atoms with Crippen molar-refractivity contribution in [3.05, 3.63) is 58.5 Å². The molecule has 18 heavy (non-hydrogen) atoms. The summed E-state index contributed by atoms with van der Waals surface area (Å²) < 4.78 is 1.04. The molecule has 0 saturated carbocycles. The molecular weight excluding hydrogens is 258 g/mol. The van der Waals surface area contributed by atoms with Gasteiger partial charge in [-0.1, -0.05) is 36.9 Å². The summed E-state index contributed by atoms with van der Waals surface area (Å²) in [6.45, 7) is 8.38. The molecule has 1 nitrogen and oxygen atoms in total. The lowest BCUT2D eigenvalue weighted by Crippen LogP contribution is -1.88. The van der Waals surface area contributed by atoms with E-state index in [1.165, 1.54) is 22.2 Å². The van der Waals surface area contributed by atoms with Crippen LogP contribution in [0.1, 0.15) is 21.6 Å². The maximum absolute atomic E-state index is 8.89. The largest absolute Gasteiger partial charge is 0.185 e. The molecule has 1 aromatic carbocycles. The summed E-state index contributed by atoms with van der Waals surface area (Å²) in [4.78, 5) is 1.25. The quantitative estimate of drug-likeness (QED) is 0.579. The van der Waals surface area contributed by atoms with Gasteiger partial charge in [-0.25, -0.2) is 0 Å². The van der Waals surface area contributed by atoms with Crippen LogP contribution in [0.5, 0.6) is 0 Å². The normalized spacial score (nSPS) is 10.1. The number of hydrogen-bond acceptors (Lipinski definition) is 3. The van der Waals surface area contributed by atoms with Crippen molar-refractivity contribution in [3.63, 3.8) is 0 Å². The maximum atomic E-state index is 8.89. The molecule has 0 bridgehead atoms. The maximum Gasteiger partial charge on any atom is 0.139 e. The second kappa shape index (κ2) is 5.43. The van der Waals surface area contributed by atoms with Crippen LogP contribution in [0.3, 0.4) is 0 Å². The van der Waals surface area contributed by atoms with Crippen molar-refractivity contribution in [2.45, 2.75) is 18.1 Å². The molecule has 2 rings (SSSR count). The van der Waals surface area contributed by atoms with Gasteiger partial charge < -0.3 is 0 Å². The molecule has 0 aliphatic heterocycles. The summed E-state index contributed by atoms with van der Waals surface area (Å²) in [6, 6.07) is 10.1. The molecule has 0 saturated heterocycles. The fourth-order valence-corrected chi connectivity index (χ4v) is 3.87. The molecule has 0 aliphatic carbocycles. The predicted molar refractivity (Wildman–Crippen MR) is 79.8 cm³/mol. The van der Waals surface area contributed by atoms with E-state index in [-0.39, 0.29) is 0 Å². The van der Waals surface area contributed by atoms with E-state index in [1.807, 2.05) is 18.2 Å². The van der Waals surface area contributed by atoms with E-state index in [0.717, 1.165) is 20.9 Å². The molecule has 2 aromatic rings. The van der Waals surface area contributed by atoms with Crippen LogP contribution in [0.25, 0.3) is 5.57 Å². The zero-order valence-electron chi connectivity index (χ0n) is 10.4. The Morgan fingerprint density at radius 1 is 1.28 bits per heavy atom. The molecule has 0 N–H and O–H groups in total. The Hall–Kier alpha value is -1.50. The molecule has 3 heteroatoms. The molecule has 0 aliphatic rings. The third-order valence-corrected chi connectivity index (χ3v) is 4.90. The minimum atomic E-state index is 0.996. The van der Waals surface area contributed by atoms with Gasteiger partial charge >= 0.3 is 0 Å². The molecule has 1 aromatic heterocycles. The molecule has 90 valence electrons. The lowest BCUT2D eigenvalue weighted by atomic mass is 9.98. The number of aryl methyl sites for hydroxylation is 1. The number of nitrogens with zero attached hydrogens (tertiary/aromatic N) is 1. The van der Waals surface area contributed by atoms with Crippen LogP contribution in [0.4, 0.5) is 0 Å². The van der Waals surface area contributed by atoms with Crippen molar-refractivity contribution in [1.29, 1.82) is 5.26 Å². The molecule has 0 amide bonds. The highest BCUT2D eigenvalue weighted by molar-refractivity contribution is 8.05. The highest BCUT2D eigenvalue weighted by Crippen LogP contribution is 2.40. The third-order valence-electron chi connectivity index (χ3n) is 2.92. The molecule has 0 spiro atoms. The van der Waals surface area contributed by atoms with E-state index >= 15 is 0 Å². The topological polar surface area (TPSA) is 23.8 Å². The van der Waals surface area contributed by atoms with Gasteiger partial charge in [0.1, 0.15) is 5.40 Å². The lowest BCUT2D eigenvalue weighted by molar-refractivity contribution is 1.38. The van der Waals surface area contributed by atoms with Crippen LogP contribution in [0.15, 0.2) is 41.1 Å². The zero-order chi connectivity index (χ0) is 13.1. The van der Waals surface area contributed by atoms with Gasteiger partial charge in [0.25, 0.3) is 0 Å². The summed E-state index contributed by atoms with van der Waals surface area (Å²) >= 11 is 2.89. The van der Waals surface area contributed by atoms with E-state index in [0.29, 0.717) is 0 Å². The SMILES string of the molecule is C=C(c1ccccc1)c1c(SC#N)sc(C)c1C. The van der Waals surface area contributed by atoms with Gasteiger partial charge in [-0.05, 0) is 30.5 Å². The highest BCUT2D eigenvalue weighted by atomic mass is 32.2. The number of rotatable bonds is 3. The average Bonchev–Trinajstić information content (AvgIpc) is 2.66. The van der Waals surface area contributed by atoms with Gasteiger partial charge in [0.2, 0.25) is 0 Å². The summed E-state index contributed by atoms with van der Waals surface area (Å²) in [5.41, 5.74) is 4.45. The summed E-state index contributed by atoms with van der Waals surface area (Å²) in [7, 11) is 0. The Morgan fingerprint density at radius 2 is 1.94 bits per heavy atom. The number of nitriles is 1. The number of thiophene rings is 1. The van der Waals surface area contributed by atoms with Gasteiger partial charge in [-0.3, -0.25) is 0 Å². The van der Waals surface area contributed by atoms with Crippen LogP contribution in [0, 0.1) is 24.5 Å². The smallest absolute Gasteiger partial charge is 0.139 e. The highest BCUT2D eigenvalue weighted by Gasteiger charge is 2.16. The second-order valence-corrected chi connectivity index (χ2v) is 6.26. The lowest BCUT2D eigenvalue weighted by Gasteiger charge is -2.07. The van der Waals surface area contributed by atoms with Crippen molar-refractivity contribution in [3.8, 4) is 5.40 Å². The first-order valence-electron chi connectivity index (χ1n) is 5.55. The van der Waals surface area contributed by atoms with Crippen molar-refractivity contribution in [1.82, 2.24) is 0 Å². The van der Waals surface area contributed by atoms with E-state index in [4.69, 9.17) is 5.26 Å². The van der Waals surface area contributed by atoms with Crippen molar-refractivity contribution < 1.29 is 0 Å². The standard InChI is InChI=1S/C15H13NS2/c1-10-12(3)18-15(17-9-16)14(10)11(2)13-7-5-4-6-8-13/h4-8H,2H2,1,3H3. The fourth-order valence-electron chi connectivity index (χ4n) is 1.84. The fraction of sp³-hybridized carbons (Fsp3) is 0.133. The molecule has 1 heterocycles. The molecule has 0 radical (unpaired) electrons. The summed E-state index contributed by atoms with van der Waals surface area (Å²) in [5.74, 6) is 0. The van der Waals surface area contributed by atoms with Crippen LogP contribution in [-0.4, -0.2) is 0 Å².